The van der Waals surface area contributed by atoms with Crippen molar-refractivity contribution in [2.24, 2.45) is 0 Å². The molecule has 31 heavy (non-hydrogen) atoms. The highest BCUT2D eigenvalue weighted by molar-refractivity contribution is 5.93. The Morgan fingerprint density at radius 1 is 1.03 bits per heavy atom. The van der Waals surface area contributed by atoms with Gasteiger partial charge in [-0.1, -0.05) is 25.0 Å². The smallest absolute Gasteiger partial charge is 0.244 e. The molecule has 0 radical (unpaired) electrons. The van der Waals surface area contributed by atoms with Gasteiger partial charge in [0.05, 0.1) is 19.7 Å². The van der Waals surface area contributed by atoms with Crippen LogP contribution in [0.25, 0.3) is 17.0 Å². The second-order valence-corrected chi connectivity index (χ2v) is 7.52. The molecule has 0 aliphatic heterocycles. The Morgan fingerprint density at radius 2 is 1.74 bits per heavy atom. The molecule has 1 aromatic heterocycles. The van der Waals surface area contributed by atoms with Crippen molar-refractivity contribution in [2.75, 3.05) is 19.5 Å². The molecule has 0 spiro atoms. The van der Waals surface area contributed by atoms with E-state index in [9.17, 15) is 4.79 Å². The van der Waals surface area contributed by atoms with E-state index in [2.05, 4.69) is 20.6 Å². The monoisotopic (exact) mass is 418 g/mol. The van der Waals surface area contributed by atoms with Crippen molar-refractivity contribution in [3.05, 3.63) is 54.4 Å². The van der Waals surface area contributed by atoms with Crippen LogP contribution in [0.2, 0.25) is 0 Å². The third kappa shape index (κ3) is 4.94. The molecule has 0 atom stereocenters. The van der Waals surface area contributed by atoms with E-state index >= 15 is 0 Å². The number of amides is 1. The number of carbonyl (C=O) groups excluding carboxylic acids is 1. The molecular weight excluding hydrogens is 392 g/mol. The van der Waals surface area contributed by atoms with Crippen LogP contribution in [-0.4, -0.2) is 36.1 Å². The predicted octanol–water partition coefficient (Wildman–Crippen LogP) is 4.46. The quantitative estimate of drug-likeness (QED) is 0.551. The lowest BCUT2D eigenvalue weighted by Gasteiger charge is -2.12. The minimum atomic E-state index is -0.0362. The van der Waals surface area contributed by atoms with E-state index < -0.39 is 0 Å². The summed E-state index contributed by atoms with van der Waals surface area (Å²) in [6, 6.07) is 11.8. The van der Waals surface area contributed by atoms with E-state index in [-0.39, 0.29) is 5.91 Å². The van der Waals surface area contributed by atoms with Gasteiger partial charge in [0.1, 0.15) is 12.1 Å². The summed E-state index contributed by atoms with van der Waals surface area (Å²) in [6.45, 7) is 0. The van der Waals surface area contributed by atoms with Crippen LogP contribution < -0.4 is 20.1 Å². The zero-order valence-corrected chi connectivity index (χ0v) is 17.7. The minimum Gasteiger partial charge on any atom is -0.493 e. The van der Waals surface area contributed by atoms with Crippen LogP contribution in [-0.2, 0) is 4.79 Å². The van der Waals surface area contributed by atoms with Crippen molar-refractivity contribution in [1.29, 1.82) is 0 Å². The Morgan fingerprint density at radius 3 is 2.45 bits per heavy atom. The van der Waals surface area contributed by atoms with Crippen LogP contribution in [0.5, 0.6) is 11.5 Å². The summed E-state index contributed by atoms with van der Waals surface area (Å²) in [6.07, 6.45) is 9.49. The fraction of sp³-hybridized carbons (Fsp3) is 0.292. The van der Waals surface area contributed by atoms with Gasteiger partial charge < -0.3 is 20.1 Å². The molecule has 0 saturated heterocycles. The number of anilines is 2. The van der Waals surface area contributed by atoms with Gasteiger partial charge >= 0.3 is 0 Å². The summed E-state index contributed by atoms with van der Waals surface area (Å²) in [5.74, 6) is 1.87. The maximum atomic E-state index is 12.1. The second-order valence-electron chi connectivity index (χ2n) is 7.52. The number of hydrogen-bond donors (Lipinski definition) is 2. The van der Waals surface area contributed by atoms with Gasteiger partial charge in [-0.05, 0) is 42.7 Å². The summed E-state index contributed by atoms with van der Waals surface area (Å²) < 4.78 is 10.8. The lowest BCUT2D eigenvalue weighted by molar-refractivity contribution is -0.117. The van der Waals surface area contributed by atoms with Crippen LogP contribution in [0, 0.1) is 0 Å². The largest absolute Gasteiger partial charge is 0.493 e. The maximum absolute atomic E-state index is 12.1. The van der Waals surface area contributed by atoms with Crippen molar-refractivity contribution in [1.82, 2.24) is 15.3 Å². The first-order valence-electron chi connectivity index (χ1n) is 10.4. The Hall–Kier alpha value is -3.61. The molecule has 1 heterocycles. The van der Waals surface area contributed by atoms with Crippen LogP contribution in [0.3, 0.4) is 0 Å². The van der Waals surface area contributed by atoms with E-state index in [0.717, 1.165) is 35.0 Å². The number of hydrogen-bond acceptors (Lipinski definition) is 6. The molecule has 7 nitrogen and oxygen atoms in total. The number of methoxy groups -OCH3 is 2. The molecule has 7 heteroatoms. The van der Waals surface area contributed by atoms with Gasteiger partial charge in [-0.2, -0.15) is 0 Å². The first-order chi connectivity index (χ1) is 15.2. The minimum absolute atomic E-state index is 0.0362. The van der Waals surface area contributed by atoms with E-state index in [1.165, 1.54) is 19.2 Å². The zero-order chi connectivity index (χ0) is 21.6. The fourth-order valence-electron chi connectivity index (χ4n) is 3.79. The molecule has 3 aromatic rings. The van der Waals surface area contributed by atoms with Crippen LogP contribution in [0.1, 0.15) is 31.2 Å². The van der Waals surface area contributed by atoms with Crippen LogP contribution in [0.4, 0.5) is 11.5 Å². The molecule has 1 amide bonds. The van der Waals surface area contributed by atoms with Gasteiger partial charge in [-0.3, -0.25) is 4.79 Å². The average Bonchev–Trinajstić information content (AvgIpc) is 3.31. The lowest BCUT2D eigenvalue weighted by Crippen LogP contribution is -2.30. The number of rotatable bonds is 7. The topological polar surface area (TPSA) is 85.4 Å². The SMILES string of the molecule is COc1cc2ncnc(Nc3ccc(/C=C/C(=O)NC4CCCC4)cc3)c2cc1OC. The first-order valence-corrected chi connectivity index (χ1v) is 10.4. The summed E-state index contributed by atoms with van der Waals surface area (Å²) in [4.78, 5) is 20.8. The fourth-order valence-corrected chi connectivity index (χ4v) is 3.79. The number of nitrogens with one attached hydrogen (secondary N) is 2. The zero-order valence-electron chi connectivity index (χ0n) is 17.7. The number of fused-ring (bicyclic) bond motifs is 1. The van der Waals surface area contributed by atoms with E-state index in [0.29, 0.717) is 23.4 Å². The Balaban J connectivity index is 1.47. The van der Waals surface area contributed by atoms with Crippen molar-refractivity contribution in [2.45, 2.75) is 31.7 Å². The summed E-state index contributed by atoms with van der Waals surface area (Å²) in [5, 5.41) is 7.21. The molecule has 0 unspecified atom stereocenters. The Kier molecular flexibility index (Phi) is 6.31. The van der Waals surface area contributed by atoms with Gasteiger partial charge in [0.15, 0.2) is 11.5 Å². The molecule has 1 saturated carbocycles. The highest BCUT2D eigenvalue weighted by Gasteiger charge is 2.15. The summed E-state index contributed by atoms with van der Waals surface area (Å²) >= 11 is 0. The highest BCUT2D eigenvalue weighted by Crippen LogP contribution is 2.34. The second kappa shape index (κ2) is 9.47. The third-order valence-corrected chi connectivity index (χ3v) is 5.44. The van der Waals surface area contributed by atoms with E-state index in [4.69, 9.17) is 9.47 Å². The third-order valence-electron chi connectivity index (χ3n) is 5.44. The number of carbonyl (C=O) groups is 1. The average molecular weight is 418 g/mol. The van der Waals surface area contributed by atoms with Crippen molar-refractivity contribution in [3.8, 4) is 11.5 Å². The van der Waals surface area contributed by atoms with Crippen molar-refractivity contribution >= 4 is 34.4 Å². The van der Waals surface area contributed by atoms with Gasteiger partial charge in [-0.25, -0.2) is 9.97 Å². The lowest BCUT2D eigenvalue weighted by atomic mass is 10.1. The summed E-state index contributed by atoms with van der Waals surface area (Å²) in [5.41, 5.74) is 2.58. The van der Waals surface area contributed by atoms with Crippen LogP contribution >= 0.6 is 0 Å². The normalized spacial score (nSPS) is 14.1. The van der Waals surface area contributed by atoms with Gasteiger partial charge in [0.25, 0.3) is 0 Å². The molecular formula is C24H26N4O3. The molecule has 160 valence electrons. The van der Waals surface area contributed by atoms with Gasteiger partial charge in [-0.15, -0.1) is 0 Å². The van der Waals surface area contributed by atoms with Gasteiger partial charge in [0.2, 0.25) is 5.91 Å². The Labute approximate surface area is 181 Å². The van der Waals surface area contributed by atoms with Gasteiger partial charge in [0, 0.05) is 29.3 Å². The number of ether oxygens (including phenoxy) is 2. The molecule has 2 aromatic carbocycles. The van der Waals surface area contributed by atoms with Crippen molar-refractivity contribution < 1.29 is 14.3 Å². The van der Waals surface area contributed by atoms with E-state index in [1.807, 2.05) is 42.5 Å². The Bertz CT molecular complexity index is 1090. The number of benzene rings is 2. The molecule has 1 aliphatic carbocycles. The predicted molar refractivity (Wildman–Crippen MR) is 122 cm³/mol. The number of nitrogens with zero attached hydrogens (tertiary/aromatic N) is 2. The van der Waals surface area contributed by atoms with E-state index in [1.54, 1.807) is 20.3 Å². The van der Waals surface area contributed by atoms with Crippen LogP contribution in [0.15, 0.2) is 48.8 Å². The molecule has 4 rings (SSSR count). The highest BCUT2D eigenvalue weighted by atomic mass is 16.5. The first kappa shape index (κ1) is 20.7. The molecule has 1 fully saturated rings. The summed E-state index contributed by atoms with van der Waals surface area (Å²) in [7, 11) is 3.19. The number of aromatic nitrogens is 2. The standard InChI is InChI=1S/C24H26N4O3/c1-30-21-13-19-20(14-22(21)31-2)25-15-26-24(19)28-18-10-7-16(8-11-18)9-12-23(29)27-17-5-3-4-6-17/h7-15,17H,3-6H2,1-2H3,(H,27,29)(H,25,26,28)/b12-9+. The van der Waals surface area contributed by atoms with Crippen molar-refractivity contribution in [3.63, 3.8) is 0 Å². The molecule has 0 bridgehead atoms. The molecule has 1 aliphatic rings. The maximum Gasteiger partial charge on any atom is 0.244 e. The molecule has 2 N–H and O–H groups in total.